The minimum Gasteiger partial charge on any atom is -0.489 e. The lowest BCUT2D eigenvalue weighted by atomic mass is 9.89. The van der Waals surface area contributed by atoms with Crippen molar-refractivity contribution < 1.29 is 9.53 Å². The van der Waals surface area contributed by atoms with Crippen molar-refractivity contribution in [3.63, 3.8) is 0 Å². The van der Waals surface area contributed by atoms with Crippen molar-refractivity contribution in [3.05, 3.63) is 24.0 Å². The van der Waals surface area contributed by atoms with E-state index < -0.39 is 0 Å². The third-order valence-corrected chi connectivity index (χ3v) is 3.29. The molecule has 1 aliphatic rings. The molecule has 1 fully saturated rings. The summed E-state index contributed by atoms with van der Waals surface area (Å²) in [7, 11) is 0. The van der Waals surface area contributed by atoms with Crippen molar-refractivity contribution >= 4 is 5.78 Å². The Morgan fingerprint density at radius 1 is 1.41 bits per heavy atom. The van der Waals surface area contributed by atoms with E-state index in [4.69, 9.17) is 4.74 Å². The molecule has 92 valence electrons. The first kappa shape index (κ1) is 12.1. The molecule has 3 heteroatoms. The number of carbonyl (C=O) groups excluding carboxylic acids is 1. The van der Waals surface area contributed by atoms with Crippen LogP contribution >= 0.6 is 0 Å². The van der Waals surface area contributed by atoms with Crippen molar-refractivity contribution in [2.75, 3.05) is 0 Å². The highest BCUT2D eigenvalue weighted by Crippen LogP contribution is 2.27. The maximum Gasteiger partial charge on any atom is 0.178 e. The van der Waals surface area contributed by atoms with Gasteiger partial charge in [0, 0.05) is 6.92 Å². The zero-order valence-electron chi connectivity index (χ0n) is 10.5. The Labute approximate surface area is 102 Å². The fraction of sp³-hybridized carbons (Fsp3) is 0.571. The summed E-state index contributed by atoms with van der Waals surface area (Å²) < 4.78 is 5.89. The van der Waals surface area contributed by atoms with Crippen LogP contribution in [0.15, 0.2) is 18.3 Å². The van der Waals surface area contributed by atoms with Crippen LogP contribution in [0.1, 0.15) is 50.0 Å². The molecule has 3 nitrogen and oxygen atoms in total. The van der Waals surface area contributed by atoms with Gasteiger partial charge in [0.15, 0.2) is 5.78 Å². The molecule has 0 spiro atoms. The summed E-state index contributed by atoms with van der Waals surface area (Å²) >= 11 is 0. The molecule has 2 atom stereocenters. The topological polar surface area (TPSA) is 39.2 Å². The maximum absolute atomic E-state index is 11.1. The summed E-state index contributed by atoms with van der Waals surface area (Å²) in [5.41, 5.74) is 0.495. The van der Waals surface area contributed by atoms with E-state index in [1.54, 1.807) is 12.3 Å². The molecule has 0 bridgehead atoms. The van der Waals surface area contributed by atoms with E-state index in [0.717, 1.165) is 24.5 Å². The van der Waals surface area contributed by atoms with Crippen molar-refractivity contribution in [1.82, 2.24) is 4.98 Å². The molecule has 2 unspecified atom stereocenters. The van der Waals surface area contributed by atoms with E-state index in [2.05, 4.69) is 11.9 Å². The Morgan fingerprint density at radius 2 is 2.24 bits per heavy atom. The highest BCUT2D eigenvalue weighted by Gasteiger charge is 2.20. The van der Waals surface area contributed by atoms with Crippen LogP contribution in [0.4, 0.5) is 0 Å². The fourth-order valence-electron chi connectivity index (χ4n) is 2.34. The van der Waals surface area contributed by atoms with Crippen LogP contribution in [-0.4, -0.2) is 16.9 Å². The number of rotatable bonds is 3. The van der Waals surface area contributed by atoms with Crippen LogP contribution in [0.3, 0.4) is 0 Å². The van der Waals surface area contributed by atoms with Gasteiger partial charge >= 0.3 is 0 Å². The summed E-state index contributed by atoms with van der Waals surface area (Å²) in [6.07, 6.45) is 6.75. The molecule has 1 aliphatic carbocycles. The third kappa shape index (κ3) is 3.29. The van der Waals surface area contributed by atoms with Crippen LogP contribution in [0.5, 0.6) is 5.75 Å². The van der Waals surface area contributed by atoms with Gasteiger partial charge in [0.05, 0.1) is 12.3 Å². The monoisotopic (exact) mass is 233 g/mol. The number of pyridine rings is 1. The second kappa shape index (κ2) is 5.30. The van der Waals surface area contributed by atoms with Gasteiger partial charge in [-0.05, 0) is 37.3 Å². The number of hydrogen-bond donors (Lipinski definition) is 0. The Bertz CT molecular complexity index is 386. The molecule has 0 amide bonds. The molecule has 0 saturated heterocycles. The van der Waals surface area contributed by atoms with Crippen molar-refractivity contribution in [1.29, 1.82) is 0 Å². The number of nitrogens with zero attached hydrogens (tertiary/aromatic N) is 1. The molecule has 1 heterocycles. The average molecular weight is 233 g/mol. The van der Waals surface area contributed by atoms with E-state index >= 15 is 0 Å². The minimum absolute atomic E-state index is 0.0113. The molecule has 0 aliphatic heterocycles. The molecular formula is C14H19NO2. The smallest absolute Gasteiger partial charge is 0.178 e. The summed E-state index contributed by atoms with van der Waals surface area (Å²) in [5, 5.41) is 0. The molecule has 1 saturated carbocycles. The van der Waals surface area contributed by atoms with E-state index in [9.17, 15) is 4.79 Å². The van der Waals surface area contributed by atoms with Crippen LogP contribution in [0.2, 0.25) is 0 Å². The Balaban J connectivity index is 1.96. The molecule has 0 N–H and O–H groups in total. The van der Waals surface area contributed by atoms with Gasteiger partial charge in [-0.25, -0.2) is 4.98 Å². The first-order valence-electron chi connectivity index (χ1n) is 6.29. The SMILES string of the molecule is CC(=O)c1ccc(OC2CCCC(C)C2)cn1. The zero-order valence-corrected chi connectivity index (χ0v) is 10.5. The number of ether oxygens (including phenoxy) is 1. The summed E-state index contributed by atoms with van der Waals surface area (Å²) in [5.74, 6) is 1.51. The predicted molar refractivity (Wildman–Crippen MR) is 66.3 cm³/mol. The first-order valence-corrected chi connectivity index (χ1v) is 6.29. The molecule has 17 heavy (non-hydrogen) atoms. The van der Waals surface area contributed by atoms with E-state index in [1.807, 2.05) is 6.07 Å². The van der Waals surface area contributed by atoms with E-state index in [0.29, 0.717) is 11.8 Å². The number of ketones is 1. The van der Waals surface area contributed by atoms with Crippen molar-refractivity contribution in [2.45, 2.75) is 45.6 Å². The molecule has 2 rings (SSSR count). The van der Waals surface area contributed by atoms with Gasteiger partial charge < -0.3 is 4.74 Å². The Hall–Kier alpha value is -1.38. The van der Waals surface area contributed by atoms with E-state index in [-0.39, 0.29) is 5.78 Å². The van der Waals surface area contributed by atoms with Gasteiger partial charge in [-0.1, -0.05) is 13.3 Å². The van der Waals surface area contributed by atoms with Crippen LogP contribution in [0.25, 0.3) is 0 Å². The quantitative estimate of drug-likeness (QED) is 0.752. The highest BCUT2D eigenvalue weighted by molar-refractivity contribution is 5.92. The lowest BCUT2D eigenvalue weighted by Crippen LogP contribution is -2.24. The number of hydrogen-bond acceptors (Lipinski definition) is 3. The summed E-state index contributed by atoms with van der Waals surface area (Å²) in [4.78, 5) is 15.2. The Morgan fingerprint density at radius 3 is 2.82 bits per heavy atom. The lowest BCUT2D eigenvalue weighted by molar-refractivity contribution is 0.101. The predicted octanol–water partition coefficient (Wildman–Crippen LogP) is 3.24. The molecule has 0 radical (unpaired) electrons. The fourth-order valence-corrected chi connectivity index (χ4v) is 2.34. The van der Waals surface area contributed by atoms with Gasteiger partial charge in [-0.2, -0.15) is 0 Å². The zero-order chi connectivity index (χ0) is 12.3. The lowest BCUT2D eigenvalue weighted by Gasteiger charge is -2.27. The van der Waals surface area contributed by atoms with Crippen molar-refractivity contribution in [3.8, 4) is 5.75 Å². The number of carbonyl (C=O) groups is 1. The van der Waals surface area contributed by atoms with Gasteiger partial charge in [0.2, 0.25) is 0 Å². The van der Waals surface area contributed by atoms with Gasteiger partial charge in [-0.3, -0.25) is 4.79 Å². The molecule has 0 aromatic carbocycles. The summed E-state index contributed by atoms with van der Waals surface area (Å²) in [6, 6.07) is 3.56. The first-order chi connectivity index (χ1) is 8.15. The van der Waals surface area contributed by atoms with Gasteiger partial charge in [-0.15, -0.1) is 0 Å². The number of Topliss-reactive ketones (excluding diaryl/α,β-unsaturated/α-hetero) is 1. The second-order valence-corrected chi connectivity index (χ2v) is 4.95. The van der Waals surface area contributed by atoms with Crippen LogP contribution < -0.4 is 4.74 Å². The van der Waals surface area contributed by atoms with Crippen LogP contribution in [0, 0.1) is 5.92 Å². The van der Waals surface area contributed by atoms with E-state index in [1.165, 1.54) is 19.8 Å². The third-order valence-electron chi connectivity index (χ3n) is 3.29. The maximum atomic E-state index is 11.1. The average Bonchev–Trinajstić information content (AvgIpc) is 2.29. The molecule has 1 aromatic heterocycles. The highest BCUT2D eigenvalue weighted by atomic mass is 16.5. The standard InChI is InChI=1S/C14H19NO2/c1-10-4-3-5-12(8-10)17-13-6-7-14(11(2)16)15-9-13/h6-7,9-10,12H,3-5,8H2,1-2H3. The molecule has 1 aromatic rings. The molecular weight excluding hydrogens is 214 g/mol. The minimum atomic E-state index is -0.0113. The summed E-state index contributed by atoms with van der Waals surface area (Å²) in [6.45, 7) is 3.79. The second-order valence-electron chi connectivity index (χ2n) is 4.95. The Kier molecular flexibility index (Phi) is 3.77. The largest absolute Gasteiger partial charge is 0.489 e. The normalized spacial score (nSPS) is 24.4. The van der Waals surface area contributed by atoms with Gasteiger partial charge in [0.25, 0.3) is 0 Å². The van der Waals surface area contributed by atoms with Crippen molar-refractivity contribution in [2.24, 2.45) is 5.92 Å². The van der Waals surface area contributed by atoms with Gasteiger partial charge in [0.1, 0.15) is 11.4 Å². The van der Waals surface area contributed by atoms with Crippen LogP contribution in [-0.2, 0) is 0 Å². The number of aromatic nitrogens is 1.